The highest BCUT2D eigenvalue weighted by atomic mass is 16.5. The van der Waals surface area contributed by atoms with Gasteiger partial charge in [-0.1, -0.05) is 12.1 Å². The fourth-order valence-corrected chi connectivity index (χ4v) is 2.24. The monoisotopic (exact) mass is 332 g/mol. The molecule has 0 aliphatic heterocycles. The highest BCUT2D eigenvalue weighted by molar-refractivity contribution is 5.73. The standard InChI is InChI=1S/C17H24N4O3/c1-24-15-6-4-14(5-7-15)16(22)12-20-17(23)19-8-2-3-10-21-11-9-18-13-21/h4-7,9,11,13,16,22H,2-3,8,10,12H2,1H3,(H2,19,20,23). The fraction of sp³-hybridized carbons (Fsp3) is 0.412. The van der Waals surface area contributed by atoms with Crippen molar-refractivity contribution in [3.05, 3.63) is 48.5 Å². The summed E-state index contributed by atoms with van der Waals surface area (Å²) in [7, 11) is 1.59. The first-order valence-electron chi connectivity index (χ1n) is 7.98. The lowest BCUT2D eigenvalue weighted by atomic mass is 10.1. The van der Waals surface area contributed by atoms with Gasteiger partial charge in [-0.2, -0.15) is 0 Å². The minimum atomic E-state index is -0.747. The van der Waals surface area contributed by atoms with Gasteiger partial charge in [-0.15, -0.1) is 0 Å². The summed E-state index contributed by atoms with van der Waals surface area (Å²) in [5.74, 6) is 0.729. The van der Waals surface area contributed by atoms with Crippen molar-refractivity contribution < 1.29 is 14.6 Å². The number of aliphatic hydroxyl groups excluding tert-OH is 1. The third-order valence-corrected chi connectivity index (χ3v) is 3.64. The highest BCUT2D eigenvalue weighted by Crippen LogP contribution is 2.16. The van der Waals surface area contributed by atoms with Crippen LogP contribution in [0.1, 0.15) is 24.5 Å². The number of nitrogens with zero attached hydrogens (tertiary/aromatic N) is 2. The van der Waals surface area contributed by atoms with E-state index in [1.165, 1.54) is 0 Å². The van der Waals surface area contributed by atoms with E-state index >= 15 is 0 Å². The Bertz CT molecular complexity index is 599. The number of amides is 2. The lowest BCUT2D eigenvalue weighted by Crippen LogP contribution is -2.38. The summed E-state index contributed by atoms with van der Waals surface area (Å²) in [5, 5.41) is 15.5. The Kier molecular flexibility index (Phi) is 7.10. The van der Waals surface area contributed by atoms with Crippen molar-refractivity contribution in [1.29, 1.82) is 0 Å². The number of rotatable bonds is 9. The molecular weight excluding hydrogens is 308 g/mol. The molecule has 0 aliphatic carbocycles. The van der Waals surface area contributed by atoms with Gasteiger partial charge in [-0.05, 0) is 30.5 Å². The first-order chi connectivity index (χ1) is 11.7. The summed E-state index contributed by atoms with van der Waals surface area (Å²) in [6.07, 6.45) is 6.54. The van der Waals surface area contributed by atoms with Crippen LogP contribution in [0.15, 0.2) is 43.0 Å². The van der Waals surface area contributed by atoms with Crippen LogP contribution in [0.5, 0.6) is 5.75 Å². The Balaban J connectivity index is 1.58. The highest BCUT2D eigenvalue weighted by Gasteiger charge is 2.09. The third kappa shape index (κ3) is 5.92. The van der Waals surface area contributed by atoms with Crippen LogP contribution in [0.2, 0.25) is 0 Å². The lowest BCUT2D eigenvalue weighted by Gasteiger charge is -2.13. The van der Waals surface area contributed by atoms with Crippen LogP contribution in [0.3, 0.4) is 0 Å². The molecule has 3 N–H and O–H groups in total. The Morgan fingerprint density at radius 3 is 2.75 bits per heavy atom. The molecule has 1 unspecified atom stereocenters. The van der Waals surface area contributed by atoms with Crippen molar-refractivity contribution in [2.75, 3.05) is 20.2 Å². The maximum Gasteiger partial charge on any atom is 0.314 e. The Morgan fingerprint density at radius 2 is 2.08 bits per heavy atom. The molecule has 7 heteroatoms. The molecule has 1 aromatic heterocycles. The number of hydrogen-bond acceptors (Lipinski definition) is 4. The van der Waals surface area contributed by atoms with Gasteiger partial charge in [0, 0.05) is 32.0 Å². The predicted octanol–water partition coefficient (Wildman–Crippen LogP) is 1.70. The minimum Gasteiger partial charge on any atom is -0.497 e. The average molecular weight is 332 g/mol. The smallest absolute Gasteiger partial charge is 0.314 e. The first-order valence-corrected chi connectivity index (χ1v) is 7.98. The van der Waals surface area contributed by atoms with E-state index < -0.39 is 6.10 Å². The molecule has 0 saturated heterocycles. The SMILES string of the molecule is COc1ccc(C(O)CNC(=O)NCCCCn2ccnc2)cc1. The molecule has 0 bridgehead atoms. The van der Waals surface area contributed by atoms with Gasteiger partial charge < -0.3 is 25.0 Å². The molecule has 7 nitrogen and oxygen atoms in total. The van der Waals surface area contributed by atoms with E-state index in [0.29, 0.717) is 6.54 Å². The molecule has 24 heavy (non-hydrogen) atoms. The van der Waals surface area contributed by atoms with Crippen LogP contribution in [-0.2, 0) is 6.54 Å². The minimum absolute atomic E-state index is 0.160. The number of imidazole rings is 1. The second kappa shape index (κ2) is 9.57. The maximum atomic E-state index is 11.7. The largest absolute Gasteiger partial charge is 0.497 e. The molecule has 1 atom stereocenters. The third-order valence-electron chi connectivity index (χ3n) is 3.64. The zero-order valence-electron chi connectivity index (χ0n) is 13.8. The van der Waals surface area contributed by atoms with Gasteiger partial charge in [0.05, 0.1) is 19.5 Å². The molecule has 2 amide bonds. The molecule has 1 aromatic carbocycles. The molecule has 0 aliphatic rings. The number of ether oxygens (including phenoxy) is 1. The second-order valence-electron chi connectivity index (χ2n) is 5.43. The van der Waals surface area contributed by atoms with E-state index in [2.05, 4.69) is 15.6 Å². The number of carbonyl (C=O) groups is 1. The fourth-order valence-electron chi connectivity index (χ4n) is 2.24. The number of benzene rings is 1. The van der Waals surface area contributed by atoms with Crippen LogP contribution in [0.4, 0.5) is 4.79 Å². The predicted molar refractivity (Wildman–Crippen MR) is 90.8 cm³/mol. The molecule has 2 rings (SSSR count). The Hall–Kier alpha value is -2.54. The number of urea groups is 1. The van der Waals surface area contributed by atoms with Gasteiger partial charge in [0.1, 0.15) is 5.75 Å². The van der Waals surface area contributed by atoms with E-state index in [0.717, 1.165) is 30.7 Å². The number of methoxy groups -OCH3 is 1. The first kappa shape index (κ1) is 17.8. The van der Waals surface area contributed by atoms with Gasteiger partial charge >= 0.3 is 6.03 Å². The summed E-state index contributed by atoms with van der Waals surface area (Å²) in [6, 6.07) is 6.83. The summed E-state index contributed by atoms with van der Waals surface area (Å²) in [6.45, 7) is 1.64. The van der Waals surface area contributed by atoms with E-state index in [1.54, 1.807) is 43.9 Å². The van der Waals surface area contributed by atoms with Gasteiger partial charge in [0.2, 0.25) is 0 Å². The van der Waals surface area contributed by atoms with Crippen molar-refractivity contribution >= 4 is 6.03 Å². The second-order valence-corrected chi connectivity index (χ2v) is 5.43. The van der Waals surface area contributed by atoms with Crippen molar-refractivity contribution in [1.82, 2.24) is 20.2 Å². The Morgan fingerprint density at radius 1 is 1.29 bits per heavy atom. The number of aliphatic hydroxyl groups is 1. The molecule has 0 radical (unpaired) electrons. The van der Waals surface area contributed by atoms with E-state index in [1.807, 2.05) is 10.8 Å². The van der Waals surface area contributed by atoms with E-state index in [4.69, 9.17) is 4.74 Å². The van der Waals surface area contributed by atoms with Crippen molar-refractivity contribution in [3.63, 3.8) is 0 Å². The van der Waals surface area contributed by atoms with Crippen LogP contribution in [0, 0.1) is 0 Å². The van der Waals surface area contributed by atoms with Crippen molar-refractivity contribution in [2.24, 2.45) is 0 Å². The molecule has 0 saturated carbocycles. The van der Waals surface area contributed by atoms with E-state index in [-0.39, 0.29) is 12.6 Å². The van der Waals surface area contributed by atoms with Crippen LogP contribution >= 0.6 is 0 Å². The zero-order valence-corrected chi connectivity index (χ0v) is 13.8. The number of hydrogen-bond donors (Lipinski definition) is 3. The van der Waals surface area contributed by atoms with Crippen molar-refractivity contribution in [2.45, 2.75) is 25.5 Å². The molecule has 2 aromatic rings. The normalized spacial score (nSPS) is 11.8. The summed E-state index contributed by atoms with van der Waals surface area (Å²) in [5.41, 5.74) is 0.733. The topological polar surface area (TPSA) is 88.4 Å². The molecular formula is C17H24N4O3. The number of unbranched alkanes of at least 4 members (excludes halogenated alkanes) is 1. The summed E-state index contributed by atoms with van der Waals surface area (Å²) in [4.78, 5) is 15.7. The zero-order chi connectivity index (χ0) is 17.2. The average Bonchev–Trinajstić information content (AvgIpc) is 3.13. The lowest BCUT2D eigenvalue weighted by molar-refractivity contribution is 0.173. The van der Waals surface area contributed by atoms with Crippen LogP contribution in [0.25, 0.3) is 0 Å². The molecule has 0 fully saturated rings. The van der Waals surface area contributed by atoms with Gasteiger partial charge in [0.15, 0.2) is 0 Å². The summed E-state index contributed by atoms with van der Waals surface area (Å²) >= 11 is 0. The number of carbonyl (C=O) groups excluding carboxylic acids is 1. The van der Waals surface area contributed by atoms with Gasteiger partial charge in [-0.3, -0.25) is 0 Å². The number of aryl methyl sites for hydroxylation is 1. The number of aromatic nitrogens is 2. The van der Waals surface area contributed by atoms with Crippen LogP contribution in [-0.4, -0.2) is 40.9 Å². The maximum absolute atomic E-state index is 11.7. The Labute approximate surface area is 141 Å². The molecule has 130 valence electrons. The van der Waals surface area contributed by atoms with Crippen LogP contribution < -0.4 is 15.4 Å². The molecule has 1 heterocycles. The summed E-state index contributed by atoms with van der Waals surface area (Å²) < 4.78 is 7.07. The molecule has 0 spiro atoms. The van der Waals surface area contributed by atoms with Gasteiger partial charge in [-0.25, -0.2) is 9.78 Å². The van der Waals surface area contributed by atoms with Gasteiger partial charge in [0.25, 0.3) is 0 Å². The van der Waals surface area contributed by atoms with Crippen molar-refractivity contribution in [3.8, 4) is 5.75 Å². The number of nitrogens with one attached hydrogen (secondary N) is 2. The quantitative estimate of drug-likeness (QED) is 0.610. The van der Waals surface area contributed by atoms with E-state index in [9.17, 15) is 9.90 Å².